The summed E-state index contributed by atoms with van der Waals surface area (Å²) in [4.78, 5) is 49.1. The summed E-state index contributed by atoms with van der Waals surface area (Å²) in [5.74, 6) is -2.98. The maximum atomic E-state index is 12.1. The van der Waals surface area contributed by atoms with Crippen molar-refractivity contribution in [3.05, 3.63) is 11.7 Å². The van der Waals surface area contributed by atoms with Crippen molar-refractivity contribution in [2.75, 3.05) is 0 Å². The standard InChI is InChI=1S/C14H23N7O7/c1-5(22)10(13(25)26)19-14(27)18-7(2-3-8(16)23)12-20-11(21-28-12)6(15)4-9(17)24/h5-7,10,22H,2-4,15H2,1H3,(H2,16,23)(H2,17,24)(H,25,26)(H2,18,19,27)/t5?,6-,7-,10?/m0/s1. The van der Waals surface area contributed by atoms with Crippen molar-refractivity contribution in [2.45, 2.75) is 50.4 Å². The van der Waals surface area contributed by atoms with Gasteiger partial charge in [0.2, 0.25) is 17.7 Å². The van der Waals surface area contributed by atoms with Gasteiger partial charge in [0.1, 0.15) is 6.04 Å². The van der Waals surface area contributed by atoms with Crippen LogP contribution in [-0.4, -0.2) is 56.3 Å². The molecule has 28 heavy (non-hydrogen) atoms. The normalized spacial score (nSPS) is 15.1. The predicted molar refractivity (Wildman–Crippen MR) is 91.0 cm³/mol. The van der Waals surface area contributed by atoms with Crippen molar-refractivity contribution in [1.82, 2.24) is 20.8 Å². The van der Waals surface area contributed by atoms with Gasteiger partial charge >= 0.3 is 12.0 Å². The summed E-state index contributed by atoms with van der Waals surface area (Å²) in [6, 6.07) is -4.49. The first kappa shape index (κ1) is 22.8. The fourth-order valence-corrected chi connectivity index (χ4v) is 2.12. The fourth-order valence-electron chi connectivity index (χ4n) is 2.12. The summed E-state index contributed by atoms with van der Waals surface area (Å²) in [6.45, 7) is 1.19. The molecule has 0 spiro atoms. The molecule has 0 aliphatic heterocycles. The number of aliphatic hydroxyl groups excluding tert-OH is 1. The predicted octanol–water partition coefficient (Wildman–Crippen LogP) is -2.62. The molecule has 0 bridgehead atoms. The number of carboxylic acids is 1. The van der Waals surface area contributed by atoms with Gasteiger partial charge in [-0.2, -0.15) is 4.98 Å². The zero-order chi connectivity index (χ0) is 21.4. The van der Waals surface area contributed by atoms with E-state index in [1.807, 2.05) is 0 Å². The topological polar surface area (TPSA) is 250 Å². The van der Waals surface area contributed by atoms with Crippen LogP contribution in [0.4, 0.5) is 4.79 Å². The summed E-state index contributed by atoms with van der Waals surface area (Å²) in [5.41, 5.74) is 15.9. The Labute approximate surface area is 158 Å². The van der Waals surface area contributed by atoms with Gasteiger partial charge in [-0.25, -0.2) is 9.59 Å². The molecule has 1 rings (SSSR count). The van der Waals surface area contributed by atoms with Gasteiger partial charge in [-0.1, -0.05) is 5.16 Å². The minimum absolute atomic E-state index is 0.0398. The van der Waals surface area contributed by atoms with E-state index in [0.717, 1.165) is 0 Å². The van der Waals surface area contributed by atoms with E-state index in [9.17, 15) is 24.3 Å². The molecule has 14 heteroatoms. The smallest absolute Gasteiger partial charge is 0.328 e. The molecule has 0 saturated heterocycles. The van der Waals surface area contributed by atoms with Crippen molar-refractivity contribution in [1.29, 1.82) is 0 Å². The maximum Gasteiger partial charge on any atom is 0.328 e. The molecule has 1 aromatic heterocycles. The first-order chi connectivity index (χ1) is 13.0. The van der Waals surface area contributed by atoms with Gasteiger partial charge in [0, 0.05) is 12.8 Å². The Kier molecular flexibility index (Phi) is 8.28. The monoisotopic (exact) mass is 401 g/mol. The third-order valence-electron chi connectivity index (χ3n) is 3.53. The van der Waals surface area contributed by atoms with Crippen LogP contribution in [0.3, 0.4) is 0 Å². The Balaban J connectivity index is 2.92. The lowest BCUT2D eigenvalue weighted by molar-refractivity contribution is -0.141. The molecule has 14 nitrogen and oxygen atoms in total. The average Bonchev–Trinajstić information content (AvgIpc) is 3.05. The van der Waals surface area contributed by atoms with Crippen LogP contribution in [0.2, 0.25) is 0 Å². The summed E-state index contributed by atoms with van der Waals surface area (Å²) in [6.07, 6.45) is -1.81. The van der Waals surface area contributed by atoms with Crippen molar-refractivity contribution < 1.29 is 33.9 Å². The zero-order valence-corrected chi connectivity index (χ0v) is 15.0. The number of aromatic nitrogens is 2. The van der Waals surface area contributed by atoms with Gasteiger partial charge in [0.05, 0.1) is 12.1 Å². The van der Waals surface area contributed by atoms with E-state index in [0.29, 0.717) is 0 Å². The molecule has 0 saturated carbocycles. The number of nitrogens with two attached hydrogens (primary N) is 3. The SMILES string of the molecule is CC(O)C(NC(=O)N[C@@H](CCC(N)=O)c1nc([C@@H](N)CC(N)=O)no1)C(=O)O. The van der Waals surface area contributed by atoms with E-state index < -0.39 is 48.0 Å². The third kappa shape index (κ3) is 7.16. The van der Waals surface area contributed by atoms with Crippen LogP contribution in [0.5, 0.6) is 0 Å². The lowest BCUT2D eigenvalue weighted by Crippen LogP contribution is -2.51. The minimum Gasteiger partial charge on any atom is -0.480 e. The highest BCUT2D eigenvalue weighted by Crippen LogP contribution is 2.19. The number of nitrogens with zero attached hydrogens (tertiary/aromatic N) is 2. The van der Waals surface area contributed by atoms with E-state index in [-0.39, 0.29) is 31.0 Å². The highest BCUT2D eigenvalue weighted by atomic mass is 16.5. The summed E-state index contributed by atoms with van der Waals surface area (Å²) in [5, 5.41) is 26.4. The van der Waals surface area contributed by atoms with E-state index in [1.165, 1.54) is 6.92 Å². The number of hydrogen-bond acceptors (Lipinski definition) is 9. The highest BCUT2D eigenvalue weighted by Gasteiger charge is 2.28. The summed E-state index contributed by atoms with van der Waals surface area (Å²) in [7, 11) is 0. The second kappa shape index (κ2) is 10.2. The summed E-state index contributed by atoms with van der Waals surface area (Å²) < 4.78 is 5.01. The first-order valence-electron chi connectivity index (χ1n) is 8.14. The Morgan fingerprint density at radius 3 is 2.32 bits per heavy atom. The molecule has 0 radical (unpaired) electrons. The van der Waals surface area contributed by atoms with Gasteiger partial charge in [0.15, 0.2) is 11.9 Å². The number of carboxylic acid groups (broad SMARTS) is 1. The number of hydrogen-bond donors (Lipinski definition) is 7. The van der Waals surface area contributed by atoms with Crippen LogP contribution in [-0.2, 0) is 14.4 Å². The lowest BCUT2D eigenvalue weighted by atomic mass is 10.1. The molecular weight excluding hydrogens is 378 g/mol. The quantitative estimate of drug-likeness (QED) is 0.203. The number of nitrogens with one attached hydrogen (secondary N) is 2. The fraction of sp³-hybridized carbons (Fsp3) is 0.571. The van der Waals surface area contributed by atoms with Crippen molar-refractivity contribution >= 4 is 23.8 Å². The number of carbonyl (C=O) groups is 4. The number of primary amides is 2. The molecule has 4 atom stereocenters. The van der Waals surface area contributed by atoms with Gasteiger partial charge in [-0.05, 0) is 13.3 Å². The van der Waals surface area contributed by atoms with E-state index >= 15 is 0 Å². The minimum atomic E-state index is -1.57. The van der Waals surface area contributed by atoms with E-state index in [4.69, 9.17) is 26.8 Å². The molecular formula is C14H23N7O7. The third-order valence-corrected chi connectivity index (χ3v) is 3.53. The second-order valence-corrected chi connectivity index (χ2v) is 6.00. The highest BCUT2D eigenvalue weighted by molar-refractivity contribution is 5.83. The van der Waals surface area contributed by atoms with Crippen LogP contribution < -0.4 is 27.8 Å². The molecule has 4 amide bonds. The number of amides is 4. The molecule has 0 aliphatic carbocycles. The molecule has 0 aromatic carbocycles. The Hall–Kier alpha value is -3.26. The van der Waals surface area contributed by atoms with E-state index in [1.54, 1.807) is 0 Å². The van der Waals surface area contributed by atoms with E-state index in [2.05, 4.69) is 20.8 Å². The number of carbonyl (C=O) groups excluding carboxylic acids is 3. The Morgan fingerprint density at radius 1 is 1.18 bits per heavy atom. The average molecular weight is 401 g/mol. The Bertz CT molecular complexity index is 721. The lowest BCUT2D eigenvalue weighted by Gasteiger charge is -2.20. The number of aliphatic hydroxyl groups is 1. The number of aliphatic carboxylic acids is 1. The zero-order valence-electron chi connectivity index (χ0n) is 15.0. The van der Waals surface area contributed by atoms with Gasteiger partial charge in [0.25, 0.3) is 0 Å². The molecule has 10 N–H and O–H groups in total. The van der Waals surface area contributed by atoms with Crippen LogP contribution in [0.1, 0.15) is 50.0 Å². The summed E-state index contributed by atoms with van der Waals surface area (Å²) >= 11 is 0. The molecule has 0 fully saturated rings. The molecule has 2 unspecified atom stereocenters. The van der Waals surface area contributed by atoms with Crippen molar-refractivity contribution in [2.24, 2.45) is 17.2 Å². The van der Waals surface area contributed by atoms with Crippen molar-refractivity contribution in [3.63, 3.8) is 0 Å². The molecule has 1 heterocycles. The largest absolute Gasteiger partial charge is 0.480 e. The number of rotatable bonds is 11. The molecule has 0 aliphatic rings. The van der Waals surface area contributed by atoms with Crippen LogP contribution >= 0.6 is 0 Å². The molecule has 1 aromatic rings. The first-order valence-corrected chi connectivity index (χ1v) is 8.14. The molecule has 156 valence electrons. The second-order valence-electron chi connectivity index (χ2n) is 6.00. The maximum absolute atomic E-state index is 12.1. The van der Waals surface area contributed by atoms with Gasteiger partial charge < -0.3 is 42.6 Å². The van der Waals surface area contributed by atoms with Crippen molar-refractivity contribution in [3.8, 4) is 0 Å². The van der Waals surface area contributed by atoms with Gasteiger partial charge in [-0.3, -0.25) is 9.59 Å². The van der Waals surface area contributed by atoms with Crippen LogP contribution in [0, 0.1) is 0 Å². The Morgan fingerprint density at radius 2 is 1.82 bits per heavy atom. The van der Waals surface area contributed by atoms with Crippen LogP contribution in [0.25, 0.3) is 0 Å². The van der Waals surface area contributed by atoms with Gasteiger partial charge in [-0.15, -0.1) is 0 Å². The van der Waals surface area contributed by atoms with Crippen LogP contribution in [0.15, 0.2) is 4.52 Å². The number of urea groups is 1.